The van der Waals surface area contributed by atoms with Gasteiger partial charge in [-0.15, -0.1) is 0 Å². The summed E-state index contributed by atoms with van der Waals surface area (Å²) in [6, 6.07) is 2.28. The van der Waals surface area contributed by atoms with Gasteiger partial charge in [-0.3, -0.25) is 4.79 Å². The molecule has 1 atom stereocenters. The van der Waals surface area contributed by atoms with E-state index in [0.717, 1.165) is 4.68 Å². The Morgan fingerprint density at radius 3 is 2.87 bits per heavy atom. The fourth-order valence-corrected chi connectivity index (χ4v) is 1.28. The Balaban J connectivity index is 2.98. The van der Waals surface area contributed by atoms with E-state index in [1.807, 2.05) is 6.92 Å². The van der Waals surface area contributed by atoms with Crippen LogP contribution in [0, 0.1) is 0 Å². The smallest absolute Gasteiger partial charge is 0.331 e. The fourth-order valence-electron chi connectivity index (χ4n) is 1.28. The Hall–Kier alpha value is -1.65. The minimum atomic E-state index is -0.626. The maximum atomic E-state index is 11.5. The summed E-state index contributed by atoms with van der Waals surface area (Å²) in [5, 5.41) is 3.86. The van der Waals surface area contributed by atoms with Gasteiger partial charge in [0.2, 0.25) is 0 Å². The molecule has 0 saturated carbocycles. The predicted octanol–water partition coefficient (Wildman–Crippen LogP) is 0.757. The highest BCUT2D eigenvalue weighted by atomic mass is 16.5. The van der Waals surface area contributed by atoms with Crippen LogP contribution in [0.2, 0.25) is 0 Å². The van der Waals surface area contributed by atoms with Crippen molar-refractivity contribution in [3.63, 3.8) is 0 Å². The van der Waals surface area contributed by atoms with Crippen molar-refractivity contribution in [1.29, 1.82) is 0 Å². The van der Waals surface area contributed by atoms with E-state index >= 15 is 0 Å². The summed E-state index contributed by atoms with van der Waals surface area (Å²) in [6.07, 6.45) is 1.96. The standard InChI is InChI=1S/C10H14N2O3/c1-3-8(10(14)15-4-2)12-9(13)6-5-7-11-12/h5-8H,3-4H2,1-2H3. The zero-order valence-corrected chi connectivity index (χ0v) is 8.84. The first kappa shape index (κ1) is 11.4. The fraction of sp³-hybridized carbons (Fsp3) is 0.500. The highest BCUT2D eigenvalue weighted by Crippen LogP contribution is 2.08. The summed E-state index contributed by atoms with van der Waals surface area (Å²) in [5.41, 5.74) is -0.294. The van der Waals surface area contributed by atoms with Gasteiger partial charge in [0.15, 0.2) is 6.04 Å². The number of ether oxygens (including phenoxy) is 1. The van der Waals surface area contributed by atoms with Gasteiger partial charge in [0.05, 0.1) is 6.61 Å². The second-order valence-corrected chi connectivity index (χ2v) is 2.98. The van der Waals surface area contributed by atoms with Gasteiger partial charge in [-0.2, -0.15) is 5.10 Å². The normalized spacial score (nSPS) is 12.1. The molecule has 0 fully saturated rings. The second kappa shape index (κ2) is 5.29. The highest BCUT2D eigenvalue weighted by Gasteiger charge is 2.21. The summed E-state index contributed by atoms with van der Waals surface area (Å²) < 4.78 is 6.02. The first-order valence-electron chi connectivity index (χ1n) is 4.91. The molecule has 0 aliphatic rings. The number of carbonyl (C=O) groups excluding carboxylic acids is 1. The van der Waals surface area contributed by atoms with Crippen LogP contribution in [-0.2, 0) is 9.53 Å². The van der Waals surface area contributed by atoms with E-state index < -0.39 is 12.0 Å². The Morgan fingerprint density at radius 1 is 1.60 bits per heavy atom. The number of rotatable bonds is 4. The van der Waals surface area contributed by atoms with Gasteiger partial charge in [0.25, 0.3) is 5.56 Å². The van der Waals surface area contributed by atoms with Gasteiger partial charge < -0.3 is 4.74 Å². The van der Waals surface area contributed by atoms with E-state index in [9.17, 15) is 9.59 Å². The second-order valence-electron chi connectivity index (χ2n) is 2.98. The molecule has 82 valence electrons. The van der Waals surface area contributed by atoms with E-state index in [1.54, 1.807) is 6.92 Å². The van der Waals surface area contributed by atoms with E-state index in [-0.39, 0.29) is 5.56 Å². The van der Waals surface area contributed by atoms with Crippen molar-refractivity contribution in [3.05, 3.63) is 28.7 Å². The summed E-state index contributed by atoms with van der Waals surface area (Å²) in [4.78, 5) is 22.9. The lowest BCUT2D eigenvalue weighted by Crippen LogP contribution is -2.32. The molecule has 0 N–H and O–H groups in total. The number of nitrogens with zero attached hydrogens (tertiary/aromatic N) is 2. The Labute approximate surface area is 87.7 Å². The van der Waals surface area contributed by atoms with Gasteiger partial charge in [0, 0.05) is 12.3 Å². The Kier molecular flexibility index (Phi) is 4.03. The van der Waals surface area contributed by atoms with Crippen molar-refractivity contribution in [2.45, 2.75) is 26.3 Å². The van der Waals surface area contributed by atoms with Gasteiger partial charge in [-0.05, 0) is 19.4 Å². The van der Waals surface area contributed by atoms with Crippen LogP contribution in [-0.4, -0.2) is 22.4 Å². The Morgan fingerprint density at radius 2 is 2.33 bits per heavy atom. The molecule has 0 saturated heterocycles. The van der Waals surface area contributed by atoms with Crippen LogP contribution >= 0.6 is 0 Å². The molecule has 1 aromatic rings. The molecule has 0 spiro atoms. The van der Waals surface area contributed by atoms with Gasteiger partial charge in [-0.25, -0.2) is 9.48 Å². The predicted molar refractivity (Wildman–Crippen MR) is 54.5 cm³/mol. The van der Waals surface area contributed by atoms with Gasteiger partial charge in [-0.1, -0.05) is 6.92 Å². The molecule has 5 nitrogen and oxygen atoms in total. The minimum Gasteiger partial charge on any atom is -0.464 e. The molecule has 1 aromatic heterocycles. The van der Waals surface area contributed by atoms with Crippen LogP contribution in [0.3, 0.4) is 0 Å². The quantitative estimate of drug-likeness (QED) is 0.688. The molecule has 0 aliphatic heterocycles. The van der Waals surface area contributed by atoms with Crippen molar-refractivity contribution in [2.24, 2.45) is 0 Å². The maximum absolute atomic E-state index is 11.5. The van der Waals surface area contributed by atoms with Crippen LogP contribution in [0.4, 0.5) is 0 Å². The van der Waals surface area contributed by atoms with Gasteiger partial charge >= 0.3 is 5.97 Å². The average Bonchev–Trinajstić information content (AvgIpc) is 2.22. The lowest BCUT2D eigenvalue weighted by atomic mass is 10.2. The summed E-state index contributed by atoms with van der Waals surface area (Å²) in [7, 11) is 0. The zero-order valence-electron chi connectivity index (χ0n) is 8.84. The van der Waals surface area contributed by atoms with Crippen molar-refractivity contribution in [1.82, 2.24) is 9.78 Å². The average molecular weight is 210 g/mol. The zero-order chi connectivity index (χ0) is 11.3. The highest BCUT2D eigenvalue weighted by molar-refractivity contribution is 5.73. The summed E-state index contributed by atoms with van der Waals surface area (Å²) in [5.74, 6) is -0.416. The minimum absolute atomic E-state index is 0.294. The van der Waals surface area contributed by atoms with Crippen LogP contribution < -0.4 is 5.56 Å². The SMILES string of the molecule is CCOC(=O)C(CC)n1ncccc1=O. The molecule has 0 amide bonds. The number of esters is 1. The van der Waals surface area contributed by atoms with E-state index in [2.05, 4.69) is 5.10 Å². The molecule has 0 aliphatic carbocycles. The third-order valence-electron chi connectivity index (χ3n) is 1.98. The lowest BCUT2D eigenvalue weighted by molar-refractivity contribution is -0.147. The van der Waals surface area contributed by atoms with Crippen molar-refractivity contribution in [2.75, 3.05) is 6.61 Å². The van der Waals surface area contributed by atoms with Crippen LogP contribution in [0.25, 0.3) is 0 Å². The lowest BCUT2D eigenvalue weighted by Gasteiger charge is -2.14. The largest absolute Gasteiger partial charge is 0.464 e. The number of hydrogen-bond acceptors (Lipinski definition) is 4. The van der Waals surface area contributed by atoms with Crippen LogP contribution in [0.1, 0.15) is 26.3 Å². The van der Waals surface area contributed by atoms with Crippen molar-refractivity contribution in [3.8, 4) is 0 Å². The number of hydrogen-bond donors (Lipinski definition) is 0. The van der Waals surface area contributed by atoms with Gasteiger partial charge in [0.1, 0.15) is 0 Å². The summed E-state index contributed by atoms with van der Waals surface area (Å²) >= 11 is 0. The topological polar surface area (TPSA) is 61.2 Å². The number of aromatic nitrogens is 2. The van der Waals surface area contributed by atoms with Crippen molar-refractivity contribution < 1.29 is 9.53 Å². The molecule has 0 bridgehead atoms. The third-order valence-corrected chi connectivity index (χ3v) is 1.98. The molecule has 5 heteroatoms. The van der Waals surface area contributed by atoms with Crippen LogP contribution in [0.5, 0.6) is 0 Å². The molecule has 1 heterocycles. The molecule has 0 radical (unpaired) electrons. The molecule has 0 aromatic carbocycles. The van der Waals surface area contributed by atoms with E-state index in [0.29, 0.717) is 13.0 Å². The number of carbonyl (C=O) groups is 1. The first-order valence-corrected chi connectivity index (χ1v) is 4.91. The monoisotopic (exact) mass is 210 g/mol. The molecular weight excluding hydrogens is 196 g/mol. The Bertz CT molecular complexity index is 386. The van der Waals surface area contributed by atoms with Crippen molar-refractivity contribution >= 4 is 5.97 Å². The van der Waals surface area contributed by atoms with E-state index in [4.69, 9.17) is 4.74 Å². The van der Waals surface area contributed by atoms with Crippen LogP contribution in [0.15, 0.2) is 23.1 Å². The molecule has 15 heavy (non-hydrogen) atoms. The molecular formula is C10H14N2O3. The van der Waals surface area contributed by atoms with E-state index in [1.165, 1.54) is 18.3 Å². The maximum Gasteiger partial charge on any atom is 0.331 e. The molecule has 1 unspecified atom stereocenters. The molecule has 1 rings (SSSR count). The first-order chi connectivity index (χ1) is 7.20. The third kappa shape index (κ3) is 2.65. The summed E-state index contributed by atoms with van der Waals surface area (Å²) in [6.45, 7) is 3.84.